The van der Waals surface area contributed by atoms with E-state index in [9.17, 15) is 14.4 Å². The largest absolute Gasteiger partial charge is 0.444 e. The van der Waals surface area contributed by atoms with Gasteiger partial charge in [0.2, 0.25) is 0 Å². The molecule has 1 aromatic carbocycles. The Hall–Kier alpha value is -2.78. The second-order valence-corrected chi connectivity index (χ2v) is 9.67. The van der Waals surface area contributed by atoms with Crippen molar-refractivity contribution >= 4 is 51.7 Å². The summed E-state index contributed by atoms with van der Waals surface area (Å²) in [6, 6.07) is 6.18. The lowest BCUT2D eigenvalue weighted by Gasteiger charge is -2.26. The molecule has 4 amide bonds. The number of nitrogens with zero attached hydrogens (tertiary/aromatic N) is 1. The molecule has 10 heteroatoms. The summed E-state index contributed by atoms with van der Waals surface area (Å²) in [5, 5.41) is 6.38. The van der Waals surface area contributed by atoms with E-state index in [0.29, 0.717) is 41.6 Å². The first-order chi connectivity index (χ1) is 14.5. The van der Waals surface area contributed by atoms with Gasteiger partial charge in [0.25, 0.3) is 5.91 Å². The predicted octanol–water partition coefficient (Wildman–Crippen LogP) is 4.48. The number of halogens is 1. The van der Waals surface area contributed by atoms with Gasteiger partial charge in [0.05, 0.1) is 5.56 Å². The van der Waals surface area contributed by atoms with Crippen LogP contribution < -0.4 is 16.4 Å². The summed E-state index contributed by atoms with van der Waals surface area (Å²) >= 11 is 7.15. The Labute approximate surface area is 189 Å². The number of fused-ring (bicyclic) bond motifs is 1. The van der Waals surface area contributed by atoms with E-state index in [1.165, 1.54) is 11.3 Å². The number of carbonyl (C=O) groups is 3. The summed E-state index contributed by atoms with van der Waals surface area (Å²) in [6.07, 6.45) is 0.605. The number of amides is 4. The normalized spacial score (nSPS) is 13.7. The number of benzene rings is 1. The van der Waals surface area contributed by atoms with Crippen LogP contribution in [0.5, 0.6) is 0 Å². The van der Waals surface area contributed by atoms with Crippen LogP contribution in [0.15, 0.2) is 24.3 Å². The molecule has 4 N–H and O–H groups in total. The maximum absolute atomic E-state index is 12.4. The Bertz CT molecular complexity index is 998. The van der Waals surface area contributed by atoms with E-state index >= 15 is 0 Å². The summed E-state index contributed by atoms with van der Waals surface area (Å²) < 4.78 is 5.45. The van der Waals surface area contributed by atoms with Crippen molar-refractivity contribution in [3.63, 3.8) is 0 Å². The average Bonchev–Trinajstić information content (AvgIpc) is 2.86. The number of primary amides is 1. The molecule has 2 heterocycles. The Balaban J connectivity index is 1.74. The topological polar surface area (TPSA) is 114 Å². The molecule has 166 valence electrons. The van der Waals surface area contributed by atoms with Crippen LogP contribution in [0, 0.1) is 0 Å². The summed E-state index contributed by atoms with van der Waals surface area (Å²) in [6.45, 7) is 6.31. The van der Waals surface area contributed by atoms with Crippen molar-refractivity contribution < 1.29 is 19.1 Å². The SMILES string of the molecule is CC(C)(C)OC(=O)N1CCc2sc(NC(=O)Nc3ccc(Cl)cc3)c(C(N)=O)c2CC1. The number of nitrogens with one attached hydrogen (secondary N) is 2. The molecule has 0 spiro atoms. The highest BCUT2D eigenvalue weighted by Gasteiger charge is 2.29. The molecule has 2 aromatic rings. The van der Waals surface area contributed by atoms with E-state index in [1.54, 1.807) is 29.2 Å². The third-order valence-corrected chi connectivity index (χ3v) is 6.02. The number of carbonyl (C=O) groups excluding carboxylic acids is 3. The van der Waals surface area contributed by atoms with Gasteiger partial charge in [-0.25, -0.2) is 9.59 Å². The van der Waals surface area contributed by atoms with Crippen LogP contribution >= 0.6 is 22.9 Å². The average molecular weight is 465 g/mol. The molecule has 0 radical (unpaired) electrons. The maximum Gasteiger partial charge on any atom is 0.410 e. The second-order valence-electron chi connectivity index (χ2n) is 8.13. The minimum atomic E-state index is -0.620. The van der Waals surface area contributed by atoms with Gasteiger partial charge in [-0.2, -0.15) is 0 Å². The van der Waals surface area contributed by atoms with Gasteiger partial charge in [-0.05, 0) is 63.4 Å². The van der Waals surface area contributed by atoms with Crippen molar-refractivity contribution in [3.05, 3.63) is 45.3 Å². The number of urea groups is 1. The highest BCUT2D eigenvalue weighted by molar-refractivity contribution is 7.17. The fourth-order valence-electron chi connectivity index (χ4n) is 3.23. The van der Waals surface area contributed by atoms with Crippen LogP contribution in [-0.4, -0.2) is 41.6 Å². The smallest absolute Gasteiger partial charge is 0.410 e. The van der Waals surface area contributed by atoms with E-state index in [0.717, 1.165) is 10.4 Å². The molecule has 1 aliphatic rings. The number of anilines is 2. The quantitative estimate of drug-likeness (QED) is 0.621. The van der Waals surface area contributed by atoms with Gasteiger partial charge in [-0.1, -0.05) is 11.6 Å². The molecule has 1 aliphatic heterocycles. The van der Waals surface area contributed by atoms with Crippen molar-refractivity contribution in [2.45, 2.75) is 39.2 Å². The van der Waals surface area contributed by atoms with Gasteiger partial charge >= 0.3 is 12.1 Å². The first-order valence-electron chi connectivity index (χ1n) is 9.79. The molecular formula is C21H25ClN4O4S. The van der Waals surface area contributed by atoms with Crippen molar-refractivity contribution in [2.24, 2.45) is 5.73 Å². The number of hydrogen-bond acceptors (Lipinski definition) is 5. The van der Waals surface area contributed by atoms with E-state index in [1.807, 2.05) is 20.8 Å². The molecule has 0 fully saturated rings. The summed E-state index contributed by atoms with van der Waals surface area (Å²) in [4.78, 5) is 39.6. The lowest BCUT2D eigenvalue weighted by Crippen LogP contribution is -2.38. The third kappa shape index (κ3) is 5.89. The lowest BCUT2D eigenvalue weighted by atomic mass is 10.1. The lowest BCUT2D eigenvalue weighted by molar-refractivity contribution is 0.0258. The van der Waals surface area contributed by atoms with Gasteiger partial charge in [0.15, 0.2) is 0 Å². The highest BCUT2D eigenvalue weighted by Crippen LogP contribution is 2.36. The monoisotopic (exact) mass is 464 g/mol. The second kappa shape index (κ2) is 9.15. The van der Waals surface area contributed by atoms with Gasteiger partial charge in [-0.15, -0.1) is 11.3 Å². The Morgan fingerprint density at radius 3 is 2.35 bits per heavy atom. The van der Waals surface area contributed by atoms with Crippen molar-refractivity contribution in [1.82, 2.24) is 4.90 Å². The Morgan fingerprint density at radius 1 is 1.10 bits per heavy atom. The minimum Gasteiger partial charge on any atom is -0.444 e. The highest BCUT2D eigenvalue weighted by atomic mass is 35.5. The van der Waals surface area contributed by atoms with E-state index in [4.69, 9.17) is 22.1 Å². The standard InChI is InChI=1S/C21H25ClN4O4S/c1-21(2,3)30-20(29)26-10-8-14-15(9-11-26)31-18(16(14)17(23)27)25-19(28)24-13-6-4-12(22)5-7-13/h4-7H,8-11H2,1-3H3,(H2,23,27)(H2,24,25,28). The van der Waals surface area contributed by atoms with E-state index < -0.39 is 17.5 Å². The molecule has 0 atom stereocenters. The number of ether oxygens (including phenoxy) is 1. The number of hydrogen-bond donors (Lipinski definition) is 3. The first kappa shape index (κ1) is 22.9. The zero-order valence-electron chi connectivity index (χ0n) is 17.6. The maximum atomic E-state index is 12.4. The van der Waals surface area contributed by atoms with Crippen LogP contribution in [0.1, 0.15) is 41.6 Å². The molecule has 3 rings (SSSR count). The van der Waals surface area contributed by atoms with Gasteiger partial charge in [-0.3, -0.25) is 10.1 Å². The Kier molecular flexibility index (Phi) is 6.76. The van der Waals surface area contributed by atoms with Crippen molar-refractivity contribution in [3.8, 4) is 0 Å². The first-order valence-corrected chi connectivity index (χ1v) is 11.0. The van der Waals surface area contributed by atoms with Crippen LogP contribution in [0.3, 0.4) is 0 Å². The van der Waals surface area contributed by atoms with Gasteiger partial charge in [0.1, 0.15) is 10.6 Å². The minimum absolute atomic E-state index is 0.289. The van der Waals surface area contributed by atoms with Crippen LogP contribution in [-0.2, 0) is 17.6 Å². The molecule has 0 saturated heterocycles. The van der Waals surface area contributed by atoms with E-state index in [2.05, 4.69) is 10.6 Å². The summed E-state index contributed by atoms with van der Waals surface area (Å²) in [7, 11) is 0. The van der Waals surface area contributed by atoms with Gasteiger partial charge in [0, 0.05) is 28.7 Å². The molecule has 0 aliphatic carbocycles. The van der Waals surface area contributed by atoms with Crippen LogP contribution in [0.2, 0.25) is 5.02 Å². The number of thiophene rings is 1. The molecule has 0 unspecified atom stereocenters. The fraction of sp³-hybridized carbons (Fsp3) is 0.381. The molecule has 31 heavy (non-hydrogen) atoms. The fourth-order valence-corrected chi connectivity index (χ4v) is 4.59. The number of rotatable bonds is 3. The zero-order valence-corrected chi connectivity index (χ0v) is 19.2. The zero-order chi connectivity index (χ0) is 22.8. The summed E-state index contributed by atoms with van der Waals surface area (Å²) in [5.41, 5.74) is 6.67. The van der Waals surface area contributed by atoms with E-state index in [-0.39, 0.29) is 11.7 Å². The molecule has 0 saturated carbocycles. The number of nitrogens with two attached hydrogens (primary N) is 1. The Morgan fingerprint density at radius 2 is 1.74 bits per heavy atom. The third-order valence-electron chi connectivity index (χ3n) is 4.56. The van der Waals surface area contributed by atoms with Crippen LogP contribution in [0.25, 0.3) is 0 Å². The van der Waals surface area contributed by atoms with Crippen molar-refractivity contribution in [1.29, 1.82) is 0 Å². The predicted molar refractivity (Wildman–Crippen MR) is 122 cm³/mol. The molecule has 1 aromatic heterocycles. The molecular weight excluding hydrogens is 440 g/mol. The van der Waals surface area contributed by atoms with Gasteiger partial charge < -0.3 is 20.7 Å². The van der Waals surface area contributed by atoms with Crippen molar-refractivity contribution in [2.75, 3.05) is 23.7 Å². The summed E-state index contributed by atoms with van der Waals surface area (Å²) in [5.74, 6) is -0.620. The molecule has 8 nitrogen and oxygen atoms in total. The molecule has 0 bridgehead atoms. The van der Waals surface area contributed by atoms with Crippen LogP contribution in [0.4, 0.5) is 20.3 Å².